The second-order valence-electron chi connectivity index (χ2n) is 4.09. The molecule has 2 atom stereocenters. The Morgan fingerprint density at radius 3 is 1.74 bits per heavy atom. The van der Waals surface area contributed by atoms with E-state index in [-0.39, 0.29) is 0 Å². The topological polar surface area (TPSA) is 35.5 Å². The molecule has 0 aromatic rings. The molecule has 0 saturated carbocycles. The van der Waals surface area contributed by atoms with Crippen molar-refractivity contribution >= 4 is 5.97 Å². The molecule has 138 valence electrons. The number of hydrogen-bond acceptors (Lipinski definition) is 3. The van der Waals surface area contributed by atoms with E-state index < -0.39 is 62.8 Å². The van der Waals surface area contributed by atoms with Crippen molar-refractivity contribution in [2.45, 2.75) is 43.6 Å². The summed E-state index contributed by atoms with van der Waals surface area (Å²) in [7, 11) is 0. The number of alkyl halides is 10. The van der Waals surface area contributed by atoms with Gasteiger partial charge in [0.1, 0.15) is 0 Å². The minimum Gasteiger partial charge on any atom is -0.463 e. The molecule has 0 fully saturated rings. The highest BCUT2D eigenvalue weighted by atomic mass is 19.4. The van der Waals surface area contributed by atoms with Crippen molar-refractivity contribution in [1.29, 1.82) is 0 Å². The maximum atomic E-state index is 12.6. The van der Waals surface area contributed by atoms with Crippen LogP contribution in [0.3, 0.4) is 0 Å². The first-order valence-corrected chi connectivity index (χ1v) is 5.79. The van der Waals surface area contributed by atoms with Gasteiger partial charge in [0.05, 0.1) is 13.2 Å². The number of rotatable bonds is 8. The fourth-order valence-electron chi connectivity index (χ4n) is 1.06. The Morgan fingerprint density at radius 2 is 1.30 bits per heavy atom. The summed E-state index contributed by atoms with van der Waals surface area (Å²) in [5.41, 5.74) is 0. The summed E-state index contributed by atoms with van der Waals surface area (Å²) in [6, 6.07) is 0. The Bertz CT molecular complexity index is 378. The fourth-order valence-corrected chi connectivity index (χ4v) is 1.06. The lowest BCUT2D eigenvalue weighted by atomic mass is 10.3. The summed E-state index contributed by atoms with van der Waals surface area (Å²) < 4.78 is 127. The van der Waals surface area contributed by atoms with E-state index in [0.717, 1.165) is 0 Å². The van der Waals surface area contributed by atoms with Crippen molar-refractivity contribution in [3.63, 3.8) is 0 Å². The molecule has 0 rings (SSSR count). The highest BCUT2D eigenvalue weighted by Crippen LogP contribution is 2.35. The molecule has 0 aromatic carbocycles. The third-order valence-electron chi connectivity index (χ3n) is 2.15. The molecule has 0 aliphatic rings. The average molecular weight is 368 g/mol. The number of hydrogen-bond donors (Lipinski definition) is 0. The van der Waals surface area contributed by atoms with Crippen LogP contribution in [-0.4, -0.2) is 50.0 Å². The highest BCUT2D eigenvalue weighted by molar-refractivity contribution is 5.75. The zero-order valence-electron chi connectivity index (χ0n) is 11.0. The molecule has 0 aliphatic carbocycles. The Balaban J connectivity index is 4.01. The SMILES string of the molecule is O=C(OCCCCOC(F)(F)C(F)C(F)(F)F)C(F)C(F)(F)F. The van der Waals surface area contributed by atoms with Gasteiger partial charge in [-0.2, -0.15) is 35.1 Å². The van der Waals surface area contributed by atoms with Gasteiger partial charge >= 0.3 is 24.4 Å². The van der Waals surface area contributed by atoms with Crippen molar-refractivity contribution in [3.05, 3.63) is 0 Å². The summed E-state index contributed by atoms with van der Waals surface area (Å²) >= 11 is 0. The van der Waals surface area contributed by atoms with Crippen LogP contribution in [0.1, 0.15) is 12.8 Å². The van der Waals surface area contributed by atoms with Gasteiger partial charge in [-0.1, -0.05) is 0 Å². The summed E-state index contributed by atoms with van der Waals surface area (Å²) in [6.45, 7) is -1.91. The van der Waals surface area contributed by atoms with Gasteiger partial charge in [0.15, 0.2) is 0 Å². The number of carbonyl (C=O) groups excluding carboxylic acids is 1. The van der Waals surface area contributed by atoms with Gasteiger partial charge in [0.25, 0.3) is 12.3 Å². The third kappa shape index (κ3) is 7.70. The number of ether oxygens (including phenoxy) is 2. The number of unbranched alkanes of at least 4 members (excludes halogenated alkanes) is 1. The van der Waals surface area contributed by atoms with E-state index in [1.54, 1.807) is 0 Å². The van der Waals surface area contributed by atoms with Crippen LogP contribution in [0.15, 0.2) is 0 Å². The van der Waals surface area contributed by atoms with Gasteiger partial charge in [0.2, 0.25) is 0 Å². The minimum atomic E-state index is -5.84. The van der Waals surface area contributed by atoms with Crippen molar-refractivity contribution in [2.24, 2.45) is 0 Å². The Labute approximate surface area is 122 Å². The molecular formula is C10H10F10O3. The van der Waals surface area contributed by atoms with Crippen LogP contribution in [0.25, 0.3) is 0 Å². The molecule has 0 saturated heterocycles. The molecule has 0 aromatic heterocycles. The Kier molecular flexibility index (Phi) is 7.57. The van der Waals surface area contributed by atoms with Crippen molar-refractivity contribution < 1.29 is 58.2 Å². The molecule has 0 amide bonds. The first-order chi connectivity index (χ1) is 10.2. The predicted molar refractivity (Wildman–Crippen MR) is 53.0 cm³/mol. The third-order valence-corrected chi connectivity index (χ3v) is 2.15. The molecule has 0 heterocycles. The quantitative estimate of drug-likeness (QED) is 0.372. The minimum absolute atomic E-state index is 0.421. The van der Waals surface area contributed by atoms with Crippen LogP contribution >= 0.6 is 0 Å². The van der Waals surface area contributed by atoms with E-state index in [4.69, 9.17) is 0 Å². The van der Waals surface area contributed by atoms with Crippen molar-refractivity contribution in [1.82, 2.24) is 0 Å². The zero-order chi connectivity index (χ0) is 18.5. The largest absolute Gasteiger partial charge is 0.463 e. The fraction of sp³-hybridized carbons (Fsp3) is 0.900. The molecule has 13 heteroatoms. The lowest BCUT2D eigenvalue weighted by Crippen LogP contribution is -2.43. The zero-order valence-corrected chi connectivity index (χ0v) is 11.0. The van der Waals surface area contributed by atoms with E-state index in [2.05, 4.69) is 9.47 Å². The number of esters is 1. The van der Waals surface area contributed by atoms with Gasteiger partial charge in [-0.15, -0.1) is 0 Å². The molecule has 0 bridgehead atoms. The van der Waals surface area contributed by atoms with Gasteiger partial charge in [-0.3, -0.25) is 0 Å². The average Bonchev–Trinajstić information content (AvgIpc) is 2.38. The maximum Gasteiger partial charge on any atom is 0.430 e. The van der Waals surface area contributed by atoms with Crippen molar-refractivity contribution in [3.8, 4) is 0 Å². The Morgan fingerprint density at radius 1 is 0.826 bits per heavy atom. The van der Waals surface area contributed by atoms with E-state index in [0.29, 0.717) is 0 Å². The molecule has 0 N–H and O–H groups in total. The second-order valence-corrected chi connectivity index (χ2v) is 4.09. The molecule has 0 aliphatic heterocycles. The monoisotopic (exact) mass is 368 g/mol. The summed E-state index contributed by atoms with van der Waals surface area (Å²) in [5.74, 6) is -2.25. The first-order valence-electron chi connectivity index (χ1n) is 5.79. The van der Waals surface area contributed by atoms with Crippen LogP contribution in [0.2, 0.25) is 0 Å². The molecule has 0 spiro atoms. The van der Waals surface area contributed by atoms with Crippen LogP contribution in [0.4, 0.5) is 43.9 Å². The van der Waals surface area contributed by atoms with Gasteiger partial charge < -0.3 is 9.47 Å². The summed E-state index contributed by atoms with van der Waals surface area (Å²) in [5, 5.41) is 0. The molecule has 23 heavy (non-hydrogen) atoms. The molecule has 2 unspecified atom stereocenters. The number of halogens is 10. The number of carbonyl (C=O) groups is 1. The normalized spacial score (nSPS) is 16.1. The van der Waals surface area contributed by atoms with Gasteiger partial charge in [-0.25, -0.2) is 13.6 Å². The first kappa shape index (κ1) is 21.7. The van der Waals surface area contributed by atoms with Crippen molar-refractivity contribution in [2.75, 3.05) is 13.2 Å². The van der Waals surface area contributed by atoms with Crippen LogP contribution < -0.4 is 0 Å². The lowest BCUT2D eigenvalue weighted by Gasteiger charge is -2.22. The highest BCUT2D eigenvalue weighted by Gasteiger charge is 2.58. The van der Waals surface area contributed by atoms with E-state index in [1.165, 1.54) is 0 Å². The van der Waals surface area contributed by atoms with Crippen LogP contribution in [0.5, 0.6) is 0 Å². The standard InChI is InChI=1S/C10H10F10O3/c11-5(8(13,14)15)6(21)22-3-1-2-4-23-10(19,20)7(12)9(16,17)18/h5,7H,1-4H2. The van der Waals surface area contributed by atoms with Gasteiger partial charge in [0, 0.05) is 0 Å². The summed E-state index contributed by atoms with van der Waals surface area (Å²) in [6.07, 6.45) is -25.8. The van der Waals surface area contributed by atoms with E-state index in [1.807, 2.05) is 0 Å². The summed E-state index contributed by atoms with van der Waals surface area (Å²) in [4.78, 5) is 10.5. The lowest BCUT2D eigenvalue weighted by molar-refractivity contribution is -0.335. The van der Waals surface area contributed by atoms with Crippen LogP contribution in [-0.2, 0) is 14.3 Å². The molecular weight excluding hydrogens is 358 g/mol. The molecule has 3 nitrogen and oxygen atoms in total. The Hall–Kier alpha value is -1.27. The molecule has 0 radical (unpaired) electrons. The smallest absolute Gasteiger partial charge is 0.430 e. The maximum absolute atomic E-state index is 12.6. The van der Waals surface area contributed by atoms with E-state index in [9.17, 15) is 48.7 Å². The second kappa shape index (κ2) is 8.02. The predicted octanol–water partition coefficient (Wildman–Crippen LogP) is 3.72. The van der Waals surface area contributed by atoms with Crippen LogP contribution in [0, 0.1) is 0 Å². The van der Waals surface area contributed by atoms with E-state index >= 15 is 0 Å². The van der Waals surface area contributed by atoms with Gasteiger partial charge in [-0.05, 0) is 12.8 Å².